The van der Waals surface area contributed by atoms with E-state index in [0.717, 1.165) is 43.4 Å². The molecule has 2 rings (SSSR count). The van der Waals surface area contributed by atoms with Gasteiger partial charge in [0.2, 0.25) is 0 Å². The first kappa shape index (κ1) is 10.8. The minimum Gasteiger partial charge on any atom is -0.378 e. The smallest absolute Gasteiger partial charge is 0.131 e. The van der Waals surface area contributed by atoms with Crippen LogP contribution in [0.4, 0.5) is 5.82 Å². The Hall–Kier alpha value is -0.740. The van der Waals surface area contributed by atoms with Gasteiger partial charge in [0.1, 0.15) is 5.82 Å². The number of rotatable bonds is 2. The average Bonchev–Trinajstić information content (AvgIpc) is 2.54. The van der Waals surface area contributed by atoms with E-state index in [0.29, 0.717) is 5.88 Å². The third-order valence-corrected chi connectivity index (χ3v) is 3.02. The minimum atomic E-state index is 0.520. The molecule has 0 spiro atoms. The van der Waals surface area contributed by atoms with Gasteiger partial charge < -0.3 is 9.64 Å². The molecule has 0 atom stereocenters. The molecule has 1 aromatic heterocycles. The van der Waals surface area contributed by atoms with E-state index in [1.807, 2.05) is 18.7 Å². The summed E-state index contributed by atoms with van der Waals surface area (Å²) in [6, 6.07) is 0. The van der Waals surface area contributed by atoms with Gasteiger partial charge in [0.25, 0.3) is 0 Å². The van der Waals surface area contributed by atoms with Crippen molar-refractivity contribution in [2.24, 2.45) is 7.05 Å². The number of aromatic nitrogens is 2. The minimum absolute atomic E-state index is 0.520. The Kier molecular flexibility index (Phi) is 3.17. The monoisotopic (exact) mass is 229 g/mol. The molecule has 0 radical (unpaired) electrons. The Morgan fingerprint density at radius 1 is 1.40 bits per heavy atom. The number of hydrogen-bond acceptors (Lipinski definition) is 3. The summed E-state index contributed by atoms with van der Waals surface area (Å²) in [4.78, 5) is 2.29. The molecular weight excluding hydrogens is 214 g/mol. The van der Waals surface area contributed by atoms with Crippen LogP contribution < -0.4 is 4.90 Å². The van der Waals surface area contributed by atoms with Crippen LogP contribution in [0.15, 0.2) is 0 Å². The van der Waals surface area contributed by atoms with Crippen molar-refractivity contribution in [1.29, 1.82) is 0 Å². The van der Waals surface area contributed by atoms with Gasteiger partial charge in [-0.05, 0) is 6.92 Å². The van der Waals surface area contributed by atoms with Crippen molar-refractivity contribution in [2.75, 3.05) is 31.2 Å². The quantitative estimate of drug-likeness (QED) is 0.717. The van der Waals surface area contributed by atoms with Gasteiger partial charge in [-0.3, -0.25) is 4.68 Å². The Balaban J connectivity index is 2.32. The molecule has 1 aromatic rings. The van der Waals surface area contributed by atoms with Gasteiger partial charge in [0.15, 0.2) is 0 Å². The molecule has 1 fully saturated rings. The second-order valence-corrected chi connectivity index (χ2v) is 4.01. The lowest BCUT2D eigenvalue weighted by Gasteiger charge is -2.29. The molecule has 15 heavy (non-hydrogen) atoms. The lowest BCUT2D eigenvalue weighted by molar-refractivity contribution is 0.122. The Morgan fingerprint density at radius 3 is 2.67 bits per heavy atom. The topological polar surface area (TPSA) is 30.3 Å². The molecule has 0 unspecified atom stereocenters. The van der Waals surface area contributed by atoms with Gasteiger partial charge in [-0.1, -0.05) is 0 Å². The van der Waals surface area contributed by atoms with Crippen LogP contribution in [-0.4, -0.2) is 36.1 Å². The number of halogens is 1. The first-order valence-electron chi connectivity index (χ1n) is 5.15. The van der Waals surface area contributed by atoms with Gasteiger partial charge in [-0.15, -0.1) is 11.6 Å². The first-order valence-corrected chi connectivity index (χ1v) is 5.68. The SMILES string of the molecule is Cc1nn(C)c(N2CCOCC2)c1CCl. The Labute approximate surface area is 94.8 Å². The highest BCUT2D eigenvalue weighted by Gasteiger charge is 2.20. The molecule has 0 amide bonds. The first-order chi connectivity index (χ1) is 7.24. The van der Waals surface area contributed by atoms with E-state index >= 15 is 0 Å². The molecule has 1 saturated heterocycles. The van der Waals surface area contributed by atoms with Crippen molar-refractivity contribution in [3.63, 3.8) is 0 Å². The lowest BCUT2D eigenvalue weighted by Crippen LogP contribution is -2.37. The number of aryl methyl sites for hydroxylation is 2. The zero-order chi connectivity index (χ0) is 10.8. The summed E-state index contributed by atoms with van der Waals surface area (Å²) in [7, 11) is 1.97. The molecule has 5 heteroatoms. The fourth-order valence-corrected chi connectivity index (χ4v) is 2.33. The highest BCUT2D eigenvalue weighted by atomic mass is 35.5. The summed E-state index contributed by atoms with van der Waals surface area (Å²) < 4.78 is 7.25. The van der Waals surface area contributed by atoms with Crippen LogP contribution in [0.2, 0.25) is 0 Å². The van der Waals surface area contributed by atoms with Gasteiger partial charge in [0, 0.05) is 25.7 Å². The number of hydrogen-bond donors (Lipinski definition) is 0. The van der Waals surface area contributed by atoms with Crippen LogP contribution >= 0.6 is 11.6 Å². The zero-order valence-electron chi connectivity index (χ0n) is 9.16. The number of morpholine rings is 1. The molecule has 0 aliphatic carbocycles. The van der Waals surface area contributed by atoms with Crippen LogP contribution in [0.3, 0.4) is 0 Å². The fourth-order valence-electron chi connectivity index (χ4n) is 2.02. The molecule has 4 nitrogen and oxygen atoms in total. The van der Waals surface area contributed by atoms with Crippen molar-refractivity contribution < 1.29 is 4.74 Å². The molecule has 1 aliphatic heterocycles. The molecule has 0 bridgehead atoms. The van der Waals surface area contributed by atoms with Crippen LogP contribution in [0.1, 0.15) is 11.3 Å². The summed E-state index contributed by atoms with van der Waals surface area (Å²) in [6.45, 7) is 5.41. The second-order valence-electron chi connectivity index (χ2n) is 3.74. The molecule has 84 valence electrons. The van der Waals surface area contributed by atoms with Crippen molar-refractivity contribution in [3.05, 3.63) is 11.3 Å². The van der Waals surface area contributed by atoms with E-state index in [2.05, 4.69) is 10.00 Å². The molecular formula is C10H16ClN3O. The van der Waals surface area contributed by atoms with Crippen molar-refractivity contribution in [2.45, 2.75) is 12.8 Å². The predicted molar refractivity (Wildman–Crippen MR) is 60.5 cm³/mol. The summed E-state index contributed by atoms with van der Waals surface area (Å²) in [5, 5.41) is 4.41. The lowest BCUT2D eigenvalue weighted by atomic mass is 10.2. The number of anilines is 1. The van der Waals surface area contributed by atoms with Gasteiger partial charge in [-0.2, -0.15) is 5.10 Å². The summed E-state index contributed by atoms with van der Waals surface area (Å²) in [5.41, 5.74) is 2.16. The van der Waals surface area contributed by atoms with Crippen LogP contribution in [0.25, 0.3) is 0 Å². The molecule has 2 heterocycles. The van der Waals surface area contributed by atoms with Crippen LogP contribution in [0.5, 0.6) is 0 Å². The Bertz CT molecular complexity index is 345. The van der Waals surface area contributed by atoms with Crippen molar-refractivity contribution in [1.82, 2.24) is 9.78 Å². The van der Waals surface area contributed by atoms with Gasteiger partial charge >= 0.3 is 0 Å². The average molecular weight is 230 g/mol. The normalized spacial score (nSPS) is 17.1. The predicted octanol–water partition coefficient (Wildman–Crippen LogP) is 1.30. The molecule has 0 saturated carbocycles. The molecule has 0 N–H and O–H groups in total. The van der Waals surface area contributed by atoms with Crippen molar-refractivity contribution in [3.8, 4) is 0 Å². The maximum absolute atomic E-state index is 5.96. The van der Waals surface area contributed by atoms with Gasteiger partial charge in [-0.25, -0.2) is 0 Å². The van der Waals surface area contributed by atoms with E-state index in [4.69, 9.17) is 16.3 Å². The summed E-state index contributed by atoms with van der Waals surface area (Å²) in [5.74, 6) is 1.66. The standard InChI is InChI=1S/C10H16ClN3O/c1-8-9(7-11)10(13(2)12-8)14-3-5-15-6-4-14/h3-7H2,1-2H3. The number of ether oxygens (including phenoxy) is 1. The maximum Gasteiger partial charge on any atom is 0.131 e. The van der Waals surface area contributed by atoms with Crippen LogP contribution in [0, 0.1) is 6.92 Å². The highest BCUT2D eigenvalue weighted by Crippen LogP contribution is 2.25. The van der Waals surface area contributed by atoms with E-state index in [-0.39, 0.29) is 0 Å². The second kappa shape index (κ2) is 4.41. The summed E-state index contributed by atoms with van der Waals surface area (Å²) in [6.07, 6.45) is 0. The van der Waals surface area contributed by atoms with E-state index in [9.17, 15) is 0 Å². The number of alkyl halides is 1. The molecule has 0 aromatic carbocycles. The zero-order valence-corrected chi connectivity index (χ0v) is 9.92. The third-order valence-electron chi connectivity index (χ3n) is 2.76. The van der Waals surface area contributed by atoms with E-state index in [1.54, 1.807) is 0 Å². The maximum atomic E-state index is 5.96. The highest BCUT2D eigenvalue weighted by molar-refractivity contribution is 6.17. The number of nitrogens with zero attached hydrogens (tertiary/aromatic N) is 3. The third kappa shape index (κ3) is 1.96. The Morgan fingerprint density at radius 2 is 2.07 bits per heavy atom. The summed E-state index contributed by atoms with van der Waals surface area (Å²) >= 11 is 5.96. The fraction of sp³-hybridized carbons (Fsp3) is 0.700. The van der Waals surface area contributed by atoms with E-state index < -0.39 is 0 Å². The van der Waals surface area contributed by atoms with Crippen molar-refractivity contribution >= 4 is 17.4 Å². The van der Waals surface area contributed by atoms with Gasteiger partial charge in [0.05, 0.1) is 24.8 Å². The van der Waals surface area contributed by atoms with E-state index in [1.165, 1.54) is 0 Å². The largest absolute Gasteiger partial charge is 0.378 e. The molecule has 1 aliphatic rings. The van der Waals surface area contributed by atoms with Crippen LogP contribution in [-0.2, 0) is 17.7 Å².